The molecule has 2 aliphatic rings. The fraction of sp³-hybridized carbons (Fsp3) is 0.222. The van der Waals surface area contributed by atoms with E-state index >= 15 is 0 Å². The number of aliphatic hydroxyl groups is 2. The first-order valence-electron chi connectivity index (χ1n) is 12.7. The Bertz CT molecular complexity index is 1840. The number of aliphatic hydroxyl groups excluding tert-OH is 2. The summed E-state index contributed by atoms with van der Waals surface area (Å²) in [6, 6.07) is 2.37. The number of aromatic hydroxyl groups is 6. The lowest BCUT2D eigenvalue weighted by Gasteiger charge is -2.41. The van der Waals surface area contributed by atoms with E-state index < -0.39 is 135 Å². The summed E-state index contributed by atoms with van der Waals surface area (Å²) >= 11 is 0. The molecule has 242 valence electrons. The van der Waals surface area contributed by atoms with E-state index in [9.17, 15) is 69.9 Å². The van der Waals surface area contributed by atoms with Crippen molar-refractivity contribution in [3.63, 3.8) is 0 Å². The molecule has 1 saturated heterocycles. The second-order valence-electron chi connectivity index (χ2n) is 9.77. The van der Waals surface area contributed by atoms with E-state index in [0.29, 0.717) is 24.3 Å². The van der Waals surface area contributed by atoms with Crippen LogP contribution in [0.15, 0.2) is 33.5 Å². The van der Waals surface area contributed by atoms with Gasteiger partial charge in [-0.05, 0) is 18.2 Å². The summed E-state index contributed by atoms with van der Waals surface area (Å²) < 4.78 is 25.5. The number of benzene rings is 2. The minimum absolute atomic E-state index is 0.499. The predicted molar refractivity (Wildman–Crippen MR) is 139 cm³/mol. The Balaban J connectivity index is 1.58. The lowest BCUT2D eigenvalue weighted by molar-refractivity contribution is -0.284. The van der Waals surface area contributed by atoms with Crippen molar-refractivity contribution in [2.45, 2.75) is 30.7 Å². The summed E-state index contributed by atoms with van der Waals surface area (Å²) in [7, 11) is 0. The van der Waals surface area contributed by atoms with Crippen LogP contribution in [-0.2, 0) is 18.9 Å². The highest BCUT2D eigenvalue weighted by atomic mass is 16.7. The van der Waals surface area contributed by atoms with Gasteiger partial charge >= 0.3 is 29.5 Å². The molecule has 2 aliphatic heterocycles. The zero-order valence-corrected chi connectivity index (χ0v) is 22.5. The van der Waals surface area contributed by atoms with Crippen molar-refractivity contribution >= 4 is 23.9 Å². The molecule has 0 radical (unpaired) electrons. The smallest absolute Gasteiger partial charge is 0.371 e. The largest absolute Gasteiger partial charge is 0.504 e. The maximum absolute atomic E-state index is 13.4. The quantitative estimate of drug-likeness (QED) is 0.0957. The first-order chi connectivity index (χ1) is 21.6. The third-order valence-corrected chi connectivity index (χ3v) is 6.90. The standard InChI is InChI=1S/C27H20O19/c28-9-1-6(2-10(29)16(9)31)23(38)46-27-20(35)19(34)21-13(44-27)5-42-24(39)8-4-12(22(36)37)43-26(41)15(8)14-7(25(40)45-21)3-11(30)17(32)18(14)33/h1-4,13,19-21,27-35H,5H2,(H,36,37)/t13-,19-,20-,21-,27+/m1/s1. The predicted octanol–water partition coefficient (Wildman–Crippen LogP) is -0.762. The molecule has 9 N–H and O–H groups in total. The fourth-order valence-electron chi connectivity index (χ4n) is 4.66. The molecule has 0 saturated carbocycles. The number of esters is 3. The van der Waals surface area contributed by atoms with Crippen molar-refractivity contribution in [3.8, 4) is 45.6 Å². The Morgan fingerprint density at radius 3 is 2.00 bits per heavy atom. The van der Waals surface area contributed by atoms with Crippen molar-refractivity contribution in [2.75, 3.05) is 6.61 Å². The van der Waals surface area contributed by atoms with Crippen molar-refractivity contribution in [1.29, 1.82) is 0 Å². The molecular weight excluding hydrogens is 628 g/mol. The van der Waals surface area contributed by atoms with Crippen LogP contribution < -0.4 is 5.63 Å². The number of aromatic carboxylic acids is 1. The molecule has 0 amide bonds. The number of ether oxygens (including phenoxy) is 4. The normalized spacial score (nSPS) is 22.6. The number of phenols is 6. The molecule has 0 bridgehead atoms. The van der Waals surface area contributed by atoms with Gasteiger partial charge < -0.3 is 69.3 Å². The third kappa shape index (κ3) is 5.29. The fourth-order valence-corrected chi connectivity index (χ4v) is 4.66. The summed E-state index contributed by atoms with van der Waals surface area (Å²) in [6.07, 6.45) is -10.3. The number of carbonyl (C=O) groups excluding carboxylic acids is 3. The van der Waals surface area contributed by atoms with Crippen LogP contribution in [0, 0.1) is 0 Å². The first kappa shape index (κ1) is 31.4. The van der Waals surface area contributed by atoms with Crippen LogP contribution in [-0.4, -0.2) is 107 Å². The highest BCUT2D eigenvalue weighted by Gasteiger charge is 2.50. The van der Waals surface area contributed by atoms with Gasteiger partial charge in [0.05, 0.1) is 27.8 Å². The SMILES string of the molecule is O=C(O[C@@H]1O[C@@H]2COC(=O)c3cc(C(=O)O)oc(=O)c3-c3c(cc(O)c(O)c3O)C(=O)O[C@H]2[C@H](O)[C@H]1O)c1cc(O)c(O)c(O)c1. The van der Waals surface area contributed by atoms with Crippen LogP contribution in [0.25, 0.3) is 11.1 Å². The van der Waals surface area contributed by atoms with Crippen molar-refractivity contribution in [1.82, 2.24) is 0 Å². The minimum Gasteiger partial charge on any atom is -0.504 e. The van der Waals surface area contributed by atoms with Crippen LogP contribution >= 0.6 is 0 Å². The molecule has 46 heavy (non-hydrogen) atoms. The van der Waals surface area contributed by atoms with Gasteiger partial charge in [-0.3, -0.25) is 0 Å². The van der Waals surface area contributed by atoms with Gasteiger partial charge in [-0.1, -0.05) is 0 Å². The molecule has 3 heterocycles. The molecule has 2 aromatic carbocycles. The molecular formula is C27H20O19. The lowest BCUT2D eigenvalue weighted by atomic mass is 9.94. The Morgan fingerprint density at radius 2 is 1.37 bits per heavy atom. The maximum atomic E-state index is 13.4. The highest BCUT2D eigenvalue weighted by molar-refractivity contribution is 6.06. The summed E-state index contributed by atoms with van der Waals surface area (Å²) in [5, 5.41) is 90.6. The second kappa shape index (κ2) is 11.5. The molecule has 1 fully saturated rings. The van der Waals surface area contributed by atoms with Crippen molar-refractivity contribution in [3.05, 3.63) is 57.1 Å². The zero-order valence-electron chi connectivity index (χ0n) is 22.5. The molecule has 0 spiro atoms. The molecule has 3 aromatic rings. The number of rotatable bonds is 3. The Morgan fingerprint density at radius 1 is 0.761 bits per heavy atom. The number of fused-ring (bicyclic) bond motifs is 4. The van der Waals surface area contributed by atoms with E-state index in [2.05, 4.69) is 4.42 Å². The van der Waals surface area contributed by atoms with Gasteiger partial charge in [-0.15, -0.1) is 0 Å². The molecule has 0 unspecified atom stereocenters. The Labute approximate surface area is 252 Å². The van der Waals surface area contributed by atoms with Crippen LogP contribution in [0.1, 0.15) is 41.6 Å². The summed E-state index contributed by atoms with van der Waals surface area (Å²) in [5.41, 5.74) is -6.02. The van der Waals surface area contributed by atoms with Gasteiger partial charge in [0.2, 0.25) is 17.8 Å². The van der Waals surface area contributed by atoms with Crippen LogP contribution in [0.5, 0.6) is 34.5 Å². The van der Waals surface area contributed by atoms with Gasteiger partial charge in [0, 0.05) is 6.07 Å². The van der Waals surface area contributed by atoms with Crippen LogP contribution in [0.3, 0.4) is 0 Å². The Hall–Kier alpha value is -6.05. The van der Waals surface area contributed by atoms with Gasteiger partial charge in [0.15, 0.2) is 34.9 Å². The number of carboxylic acids is 1. The van der Waals surface area contributed by atoms with Crippen molar-refractivity contribution in [2.24, 2.45) is 0 Å². The van der Waals surface area contributed by atoms with Gasteiger partial charge in [-0.25, -0.2) is 24.0 Å². The van der Waals surface area contributed by atoms with E-state index in [1.54, 1.807) is 0 Å². The van der Waals surface area contributed by atoms with E-state index in [-0.39, 0.29) is 0 Å². The summed E-state index contributed by atoms with van der Waals surface area (Å²) in [5.74, 6) is -14.0. The molecule has 5 rings (SSSR count). The highest BCUT2D eigenvalue weighted by Crippen LogP contribution is 2.46. The number of hydrogen-bond acceptors (Lipinski definition) is 18. The first-order valence-corrected chi connectivity index (χ1v) is 12.7. The van der Waals surface area contributed by atoms with E-state index in [0.717, 1.165) is 0 Å². The van der Waals surface area contributed by atoms with Gasteiger partial charge in [0.1, 0.15) is 24.9 Å². The van der Waals surface area contributed by atoms with Crippen molar-refractivity contribution < 1.29 is 88.5 Å². The van der Waals surface area contributed by atoms with Gasteiger partial charge in [0.25, 0.3) is 0 Å². The maximum Gasteiger partial charge on any atom is 0.371 e. The monoisotopic (exact) mass is 648 g/mol. The average Bonchev–Trinajstić information content (AvgIpc) is 3.01. The number of hydrogen-bond donors (Lipinski definition) is 9. The molecule has 5 atom stereocenters. The second-order valence-corrected chi connectivity index (χ2v) is 9.77. The average molecular weight is 648 g/mol. The summed E-state index contributed by atoms with van der Waals surface area (Å²) in [6.45, 7) is -1.00. The minimum atomic E-state index is -2.21. The molecule has 19 heteroatoms. The topological polar surface area (TPSA) is 317 Å². The number of carboxylic acid groups (broad SMARTS) is 1. The van der Waals surface area contributed by atoms with E-state index in [4.69, 9.17) is 18.9 Å². The van der Waals surface area contributed by atoms with Crippen LogP contribution in [0.4, 0.5) is 0 Å². The number of carbonyl (C=O) groups is 4. The third-order valence-electron chi connectivity index (χ3n) is 6.90. The lowest BCUT2D eigenvalue weighted by Crippen LogP contribution is -2.61. The molecule has 1 aromatic heterocycles. The summed E-state index contributed by atoms with van der Waals surface area (Å²) in [4.78, 5) is 63.8. The number of cyclic esters (lactones) is 1. The Kier molecular flexibility index (Phi) is 7.82. The molecule has 19 nitrogen and oxygen atoms in total. The van der Waals surface area contributed by atoms with E-state index in [1.165, 1.54) is 0 Å². The van der Waals surface area contributed by atoms with Crippen LogP contribution in [0.2, 0.25) is 0 Å². The zero-order chi connectivity index (χ0) is 33.8. The number of phenolic OH excluding ortho intramolecular Hbond substituents is 6. The van der Waals surface area contributed by atoms with E-state index in [1.807, 2.05) is 0 Å². The molecule has 0 aliphatic carbocycles. The van der Waals surface area contributed by atoms with Gasteiger partial charge in [-0.2, -0.15) is 0 Å².